The van der Waals surface area contributed by atoms with Gasteiger partial charge in [-0.2, -0.15) is 0 Å². The Bertz CT molecular complexity index is 861. The van der Waals surface area contributed by atoms with Crippen molar-refractivity contribution in [3.05, 3.63) is 59.5 Å². The van der Waals surface area contributed by atoms with Gasteiger partial charge in [-0.1, -0.05) is 0 Å². The van der Waals surface area contributed by atoms with Crippen molar-refractivity contribution in [3.63, 3.8) is 0 Å². The van der Waals surface area contributed by atoms with Gasteiger partial charge in [0, 0.05) is 41.9 Å². The van der Waals surface area contributed by atoms with Gasteiger partial charge in [0.15, 0.2) is 0 Å². The maximum atomic E-state index is 13.5. The van der Waals surface area contributed by atoms with E-state index in [9.17, 15) is 9.18 Å². The Hall–Kier alpha value is -2.86. The maximum Gasteiger partial charge on any atom is 0.257 e. The first-order valence-electron chi connectivity index (χ1n) is 8.51. The molecule has 0 fully saturated rings. The van der Waals surface area contributed by atoms with Gasteiger partial charge in [0.1, 0.15) is 5.82 Å². The van der Waals surface area contributed by atoms with E-state index in [-0.39, 0.29) is 11.7 Å². The molecule has 0 saturated carbocycles. The molecule has 0 radical (unpaired) electrons. The number of amides is 1. The summed E-state index contributed by atoms with van der Waals surface area (Å²) in [5.41, 5.74) is 4.67. The largest absolute Gasteiger partial charge is 0.384 e. The zero-order valence-electron chi connectivity index (χ0n) is 15.2. The highest BCUT2D eigenvalue weighted by Gasteiger charge is 2.24. The zero-order chi connectivity index (χ0) is 18.7. The van der Waals surface area contributed by atoms with Crippen LogP contribution in [0, 0.1) is 12.7 Å². The number of hydrogen-bond acceptors (Lipinski definition) is 4. The van der Waals surface area contributed by atoms with E-state index < -0.39 is 0 Å². The van der Waals surface area contributed by atoms with Crippen LogP contribution in [0.2, 0.25) is 0 Å². The Balaban J connectivity index is 1.72. The van der Waals surface area contributed by atoms with Crippen LogP contribution in [0.3, 0.4) is 0 Å². The fourth-order valence-corrected chi connectivity index (χ4v) is 2.83. The lowest BCUT2D eigenvalue weighted by atomic mass is 10.1. The van der Waals surface area contributed by atoms with E-state index in [2.05, 4.69) is 20.9 Å². The van der Waals surface area contributed by atoms with Crippen molar-refractivity contribution < 1.29 is 9.18 Å². The van der Waals surface area contributed by atoms with Crippen molar-refractivity contribution in [1.29, 1.82) is 0 Å². The summed E-state index contributed by atoms with van der Waals surface area (Å²) in [6.45, 7) is 3.85. The molecule has 1 amide bonds. The van der Waals surface area contributed by atoms with Gasteiger partial charge in [0.05, 0.1) is 5.57 Å². The number of anilines is 3. The molecule has 1 aliphatic heterocycles. The van der Waals surface area contributed by atoms with Crippen molar-refractivity contribution in [2.45, 2.75) is 6.92 Å². The minimum atomic E-state index is -0.366. The molecule has 3 rings (SSSR count). The summed E-state index contributed by atoms with van der Waals surface area (Å²) < 4.78 is 13.5. The monoisotopic (exact) mass is 354 g/mol. The summed E-state index contributed by atoms with van der Waals surface area (Å²) in [6.07, 6.45) is 1.62. The van der Waals surface area contributed by atoms with E-state index in [1.54, 1.807) is 12.3 Å². The third kappa shape index (κ3) is 4.03. The summed E-state index contributed by atoms with van der Waals surface area (Å²) >= 11 is 0. The average Bonchev–Trinajstić information content (AvgIpc) is 2.89. The lowest BCUT2D eigenvalue weighted by Gasteiger charge is -2.14. The van der Waals surface area contributed by atoms with Gasteiger partial charge in [-0.25, -0.2) is 4.39 Å². The molecule has 2 aromatic carbocycles. The van der Waals surface area contributed by atoms with E-state index >= 15 is 0 Å². The Labute approximate surface area is 152 Å². The number of rotatable bonds is 6. The number of hydrogen-bond donors (Lipinski definition) is 3. The van der Waals surface area contributed by atoms with Crippen molar-refractivity contribution in [1.82, 2.24) is 4.90 Å². The van der Waals surface area contributed by atoms with Crippen molar-refractivity contribution in [2.75, 3.05) is 43.1 Å². The molecule has 0 atom stereocenters. The third-order valence-electron chi connectivity index (χ3n) is 4.25. The Morgan fingerprint density at radius 3 is 2.73 bits per heavy atom. The highest BCUT2D eigenvalue weighted by atomic mass is 19.1. The molecular formula is C20H23FN4O. The molecule has 136 valence electrons. The quantitative estimate of drug-likeness (QED) is 0.695. The Morgan fingerprint density at radius 2 is 2.00 bits per heavy atom. The maximum absolute atomic E-state index is 13.5. The predicted molar refractivity (Wildman–Crippen MR) is 105 cm³/mol. The normalized spacial score (nSPS) is 14.5. The molecule has 5 nitrogen and oxygen atoms in total. The molecule has 6 heteroatoms. The number of carbonyl (C=O) groups is 1. The second kappa shape index (κ2) is 7.58. The number of fused-ring (bicyclic) bond motifs is 1. The Kier molecular flexibility index (Phi) is 5.23. The minimum absolute atomic E-state index is 0.239. The highest BCUT2D eigenvalue weighted by Crippen LogP contribution is 2.32. The van der Waals surface area contributed by atoms with Gasteiger partial charge in [-0.05, 0) is 63.0 Å². The van der Waals surface area contributed by atoms with Gasteiger partial charge in [-0.3, -0.25) is 4.79 Å². The first kappa shape index (κ1) is 17.9. The van der Waals surface area contributed by atoms with Crippen LogP contribution in [0.1, 0.15) is 11.1 Å². The number of nitrogens with one attached hydrogen (secondary N) is 3. The molecule has 1 heterocycles. The molecule has 26 heavy (non-hydrogen) atoms. The van der Waals surface area contributed by atoms with Crippen LogP contribution in [0.25, 0.3) is 5.57 Å². The van der Waals surface area contributed by atoms with Crippen molar-refractivity contribution in [2.24, 2.45) is 0 Å². The minimum Gasteiger partial charge on any atom is -0.384 e. The molecule has 2 aromatic rings. The molecule has 3 N–H and O–H groups in total. The first-order chi connectivity index (χ1) is 12.4. The summed E-state index contributed by atoms with van der Waals surface area (Å²) in [7, 11) is 4.08. The van der Waals surface area contributed by atoms with Crippen LogP contribution in [0.15, 0.2) is 42.6 Å². The number of aryl methyl sites for hydroxylation is 1. The van der Waals surface area contributed by atoms with Gasteiger partial charge < -0.3 is 20.9 Å². The topological polar surface area (TPSA) is 56.4 Å². The summed E-state index contributed by atoms with van der Waals surface area (Å²) in [5, 5.41) is 9.28. The number of nitrogens with zero attached hydrogens (tertiary/aromatic N) is 1. The number of benzene rings is 2. The number of likely N-dealkylation sites (N-methyl/N-ethyl adjacent to an activating group) is 1. The average molecular weight is 354 g/mol. The second-order valence-electron chi connectivity index (χ2n) is 6.61. The molecular weight excluding hydrogens is 331 g/mol. The van der Waals surface area contributed by atoms with Crippen molar-refractivity contribution >= 4 is 28.5 Å². The Morgan fingerprint density at radius 1 is 1.19 bits per heavy atom. The molecule has 0 saturated heterocycles. The molecule has 0 aromatic heterocycles. The third-order valence-corrected chi connectivity index (χ3v) is 4.25. The van der Waals surface area contributed by atoms with E-state index in [0.717, 1.165) is 30.0 Å². The van der Waals surface area contributed by atoms with Crippen LogP contribution in [-0.4, -0.2) is 38.0 Å². The first-order valence-corrected chi connectivity index (χ1v) is 8.51. The van der Waals surface area contributed by atoms with E-state index in [1.165, 1.54) is 12.1 Å². The van der Waals surface area contributed by atoms with Gasteiger partial charge in [0.2, 0.25) is 0 Å². The molecule has 0 bridgehead atoms. The fourth-order valence-electron chi connectivity index (χ4n) is 2.83. The van der Waals surface area contributed by atoms with E-state index in [0.29, 0.717) is 16.8 Å². The molecule has 1 aliphatic rings. The number of halogens is 1. The smallest absolute Gasteiger partial charge is 0.257 e. The SMILES string of the molecule is Cc1cc(N/C=C2/C(=O)Nc3ccc(F)cc32)ccc1NCCN(C)C. The molecule has 0 aliphatic carbocycles. The summed E-state index contributed by atoms with van der Waals surface area (Å²) in [6, 6.07) is 10.2. The van der Waals surface area contributed by atoms with Crippen molar-refractivity contribution in [3.8, 4) is 0 Å². The van der Waals surface area contributed by atoms with Gasteiger partial charge in [-0.15, -0.1) is 0 Å². The van der Waals surface area contributed by atoms with E-state index in [4.69, 9.17) is 0 Å². The van der Waals surface area contributed by atoms with Gasteiger partial charge in [0.25, 0.3) is 5.91 Å². The standard InChI is InChI=1S/C20H23FN4O/c1-13-10-15(5-7-18(13)22-8-9-25(2)3)23-12-17-16-11-14(21)4-6-19(16)24-20(17)26/h4-7,10-12,22-23H,8-9H2,1-3H3,(H,24,26)/b17-12+. The van der Waals surface area contributed by atoms with Crippen LogP contribution >= 0.6 is 0 Å². The van der Waals surface area contributed by atoms with E-state index in [1.807, 2.05) is 39.2 Å². The fraction of sp³-hybridized carbons (Fsp3) is 0.250. The summed E-state index contributed by atoms with van der Waals surface area (Å²) in [5.74, 6) is -0.605. The summed E-state index contributed by atoms with van der Waals surface area (Å²) in [4.78, 5) is 14.2. The zero-order valence-corrected chi connectivity index (χ0v) is 15.2. The molecule has 0 spiro atoms. The lowest BCUT2D eigenvalue weighted by Crippen LogP contribution is -2.21. The number of carbonyl (C=O) groups excluding carboxylic acids is 1. The predicted octanol–water partition coefficient (Wildman–Crippen LogP) is 3.51. The molecule has 0 unspecified atom stereocenters. The van der Waals surface area contributed by atoms with Crippen LogP contribution in [-0.2, 0) is 4.79 Å². The highest BCUT2D eigenvalue weighted by molar-refractivity contribution is 6.31. The van der Waals surface area contributed by atoms with Crippen LogP contribution in [0.5, 0.6) is 0 Å². The second-order valence-corrected chi connectivity index (χ2v) is 6.61. The van der Waals surface area contributed by atoms with Crippen LogP contribution in [0.4, 0.5) is 21.5 Å². The van der Waals surface area contributed by atoms with Gasteiger partial charge >= 0.3 is 0 Å². The van der Waals surface area contributed by atoms with Crippen LogP contribution < -0.4 is 16.0 Å². The lowest BCUT2D eigenvalue weighted by molar-refractivity contribution is -0.110.